The summed E-state index contributed by atoms with van der Waals surface area (Å²) in [6, 6.07) is 13.8. The minimum atomic E-state index is 0.0267. The molecule has 0 unspecified atom stereocenters. The van der Waals surface area contributed by atoms with E-state index in [1.165, 1.54) is 11.1 Å². The largest absolute Gasteiger partial charge is 0.325 e. The van der Waals surface area contributed by atoms with Gasteiger partial charge in [0, 0.05) is 14.5 Å². The quantitative estimate of drug-likeness (QED) is 0.752. The lowest BCUT2D eigenvalue weighted by Crippen LogP contribution is -2.23. The van der Waals surface area contributed by atoms with E-state index in [1.54, 1.807) is 6.07 Å². The molecule has 1 amide bonds. The van der Waals surface area contributed by atoms with Crippen LogP contribution in [0.4, 0.5) is 5.69 Å². The van der Waals surface area contributed by atoms with Crippen molar-refractivity contribution in [2.45, 2.75) is 12.8 Å². The van der Waals surface area contributed by atoms with Gasteiger partial charge in [0.1, 0.15) is 0 Å². The summed E-state index contributed by atoms with van der Waals surface area (Å²) in [6.07, 6.45) is 1.65. The van der Waals surface area contributed by atoms with E-state index in [4.69, 9.17) is 11.6 Å². The molecule has 1 aliphatic carbocycles. The van der Waals surface area contributed by atoms with Crippen LogP contribution in [-0.2, 0) is 17.6 Å². The van der Waals surface area contributed by atoms with Crippen molar-refractivity contribution < 1.29 is 4.79 Å². The normalized spacial score (nSPS) is 14.1. The maximum Gasteiger partial charge on any atom is 0.228 e. The summed E-state index contributed by atoms with van der Waals surface area (Å²) in [5.74, 6) is 0.111. The number of benzene rings is 2. The highest BCUT2D eigenvalue weighted by molar-refractivity contribution is 14.1. The van der Waals surface area contributed by atoms with Crippen LogP contribution in [0.1, 0.15) is 11.1 Å². The van der Waals surface area contributed by atoms with Crippen molar-refractivity contribution in [3.63, 3.8) is 0 Å². The molecular weight excluding hydrogens is 385 g/mol. The Morgan fingerprint density at radius 2 is 1.80 bits per heavy atom. The monoisotopic (exact) mass is 397 g/mol. The Labute approximate surface area is 136 Å². The number of fused-ring (bicyclic) bond motifs is 1. The summed E-state index contributed by atoms with van der Waals surface area (Å²) in [5, 5.41) is 3.69. The number of amides is 1. The zero-order valence-corrected chi connectivity index (χ0v) is 13.6. The van der Waals surface area contributed by atoms with Crippen LogP contribution in [0.15, 0.2) is 42.5 Å². The SMILES string of the molecule is O=C(Nc1ccc(Cl)cc1I)C1Cc2ccccc2C1. The first-order valence-corrected chi connectivity index (χ1v) is 7.92. The minimum Gasteiger partial charge on any atom is -0.325 e. The molecule has 0 atom stereocenters. The third kappa shape index (κ3) is 2.83. The molecule has 0 aromatic heterocycles. The number of carbonyl (C=O) groups excluding carboxylic acids is 1. The van der Waals surface area contributed by atoms with Gasteiger partial charge < -0.3 is 5.32 Å². The molecule has 1 N–H and O–H groups in total. The maximum atomic E-state index is 12.4. The van der Waals surface area contributed by atoms with Crippen LogP contribution in [0.5, 0.6) is 0 Å². The number of rotatable bonds is 2. The molecule has 2 aromatic carbocycles. The molecule has 3 rings (SSSR count). The van der Waals surface area contributed by atoms with Gasteiger partial charge >= 0.3 is 0 Å². The lowest BCUT2D eigenvalue weighted by atomic mass is 10.1. The molecule has 102 valence electrons. The molecule has 0 spiro atoms. The number of halogens is 2. The molecule has 0 aliphatic heterocycles. The summed E-state index contributed by atoms with van der Waals surface area (Å²) in [7, 11) is 0. The number of carbonyl (C=O) groups is 1. The van der Waals surface area contributed by atoms with Gasteiger partial charge in [-0.15, -0.1) is 0 Å². The van der Waals surface area contributed by atoms with Gasteiger partial charge in [0.25, 0.3) is 0 Å². The van der Waals surface area contributed by atoms with E-state index in [0.717, 1.165) is 22.1 Å². The Morgan fingerprint density at radius 1 is 1.15 bits per heavy atom. The highest BCUT2D eigenvalue weighted by Gasteiger charge is 2.27. The summed E-state index contributed by atoms with van der Waals surface area (Å²) >= 11 is 8.11. The third-order valence-electron chi connectivity index (χ3n) is 3.61. The Bertz CT molecular complexity index is 646. The molecule has 0 fully saturated rings. The van der Waals surface area contributed by atoms with E-state index in [2.05, 4.69) is 40.0 Å². The molecule has 0 radical (unpaired) electrons. The minimum absolute atomic E-state index is 0.0267. The fourth-order valence-corrected chi connectivity index (χ4v) is 3.58. The van der Waals surface area contributed by atoms with Crippen LogP contribution >= 0.6 is 34.2 Å². The molecule has 0 heterocycles. The van der Waals surface area contributed by atoms with Crippen molar-refractivity contribution in [1.82, 2.24) is 0 Å². The molecule has 1 aliphatic rings. The van der Waals surface area contributed by atoms with Crippen LogP contribution in [0, 0.1) is 9.49 Å². The number of hydrogen-bond acceptors (Lipinski definition) is 1. The zero-order chi connectivity index (χ0) is 14.1. The van der Waals surface area contributed by atoms with Crippen LogP contribution in [-0.4, -0.2) is 5.91 Å². The Morgan fingerprint density at radius 3 is 2.40 bits per heavy atom. The van der Waals surface area contributed by atoms with Gasteiger partial charge in [-0.05, 0) is 64.8 Å². The van der Waals surface area contributed by atoms with Crippen LogP contribution in [0.3, 0.4) is 0 Å². The summed E-state index contributed by atoms with van der Waals surface area (Å²) in [6.45, 7) is 0. The standard InChI is InChI=1S/C16H13ClINO/c17-13-5-6-15(14(18)9-13)19-16(20)12-7-10-3-1-2-4-11(10)8-12/h1-6,9,12H,7-8H2,(H,19,20). The number of anilines is 1. The molecule has 0 saturated carbocycles. The highest BCUT2D eigenvalue weighted by atomic mass is 127. The first-order valence-electron chi connectivity index (χ1n) is 6.46. The van der Waals surface area contributed by atoms with Gasteiger partial charge in [-0.2, -0.15) is 0 Å². The van der Waals surface area contributed by atoms with E-state index in [0.29, 0.717) is 5.02 Å². The highest BCUT2D eigenvalue weighted by Crippen LogP contribution is 2.28. The topological polar surface area (TPSA) is 29.1 Å². The Kier molecular flexibility index (Phi) is 3.98. The van der Waals surface area contributed by atoms with Gasteiger partial charge in [-0.3, -0.25) is 4.79 Å². The first-order chi connectivity index (χ1) is 9.63. The van der Waals surface area contributed by atoms with E-state index in [9.17, 15) is 4.79 Å². The Hall–Kier alpha value is -1.07. The predicted octanol–water partition coefficient (Wildman–Crippen LogP) is 4.30. The summed E-state index contributed by atoms with van der Waals surface area (Å²) < 4.78 is 0.957. The average molecular weight is 398 g/mol. The van der Waals surface area contributed by atoms with Crippen molar-refractivity contribution in [3.05, 3.63) is 62.2 Å². The molecular formula is C16H13ClINO. The van der Waals surface area contributed by atoms with E-state index >= 15 is 0 Å². The van der Waals surface area contributed by atoms with E-state index in [1.807, 2.05) is 24.3 Å². The summed E-state index contributed by atoms with van der Waals surface area (Å²) in [5.41, 5.74) is 3.41. The van der Waals surface area contributed by atoms with Crippen LogP contribution in [0.2, 0.25) is 5.02 Å². The van der Waals surface area contributed by atoms with Crippen LogP contribution in [0.25, 0.3) is 0 Å². The van der Waals surface area contributed by atoms with Crippen molar-refractivity contribution in [1.29, 1.82) is 0 Å². The molecule has 2 nitrogen and oxygen atoms in total. The Balaban J connectivity index is 1.72. The third-order valence-corrected chi connectivity index (χ3v) is 4.74. The fraction of sp³-hybridized carbons (Fsp3) is 0.188. The fourth-order valence-electron chi connectivity index (χ4n) is 2.57. The predicted molar refractivity (Wildman–Crippen MR) is 90.1 cm³/mol. The van der Waals surface area contributed by atoms with E-state index < -0.39 is 0 Å². The van der Waals surface area contributed by atoms with Gasteiger partial charge in [-0.1, -0.05) is 35.9 Å². The molecule has 0 bridgehead atoms. The molecule has 20 heavy (non-hydrogen) atoms. The number of nitrogens with one attached hydrogen (secondary N) is 1. The second-order valence-corrected chi connectivity index (χ2v) is 6.59. The maximum absolute atomic E-state index is 12.4. The lowest BCUT2D eigenvalue weighted by Gasteiger charge is -2.12. The van der Waals surface area contributed by atoms with Crippen LogP contribution < -0.4 is 5.32 Å². The van der Waals surface area contributed by atoms with Crippen molar-refractivity contribution in [3.8, 4) is 0 Å². The molecule has 0 saturated heterocycles. The van der Waals surface area contributed by atoms with Gasteiger partial charge in [-0.25, -0.2) is 0 Å². The first kappa shape index (κ1) is 13.9. The van der Waals surface area contributed by atoms with Gasteiger partial charge in [0.15, 0.2) is 0 Å². The van der Waals surface area contributed by atoms with Crippen molar-refractivity contribution in [2.75, 3.05) is 5.32 Å². The average Bonchev–Trinajstić information content (AvgIpc) is 2.86. The van der Waals surface area contributed by atoms with Crippen molar-refractivity contribution in [2.24, 2.45) is 5.92 Å². The second-order valence-electron chi connectivity index (χ2n) is 4.99. The van der Waals surface area contributed by atoms with E-state index in [-0.39, 0.29) is 11.8 Å². The molecule has 4 heteroatoms. The summed E-state index contributed by atoms with van der Waals surface area (Å²) in [4.78, 5) is 12.4. The zero-order valence-electron chi connectivity index (χ0n) is 10.7. The van der Waals surface area contributed by atoms with Crippen molar-refractivity contribution >= 4 is 45.8 Å². The second kappa shape index (κ2) is 5.74. The smallest absolute Gasteiger partial charge is 0.228 e. The molecule has 2 aromatic rings. The lowest BCUT2D eigenvalue weighted by molar-refractivity contribution is -0.119. The number of hydrogen-bond donors (Lipinski definition) is 1. The van der Waals surface area contributed by atoms with Gasteiger partial charge in [0.2, 0.25) is 5.91 Å². The van der Waals surface area contributed by atoms with Gasteiger partial charge in [0.05, 0.1) is 5.69 Å².